The first-order valence-corrected chi connectivity index (χ1v) is 8.91. The maximum absolute atomic E-state index is 12.1. The van der Waals surface area contributed by atoms with Crippen LogP contribution in [0.4, 0.5) is 0 Å². The Labute approximate surface area is 127 Å². The number of hydrogen-bond donors (Lipinski definition) is 1. The zero-order valence-corrected chi connectivity index (χ0v) is 13.9. The molecule has 2 N–H and O–H groups in total. The molecule has 7 nitrogen and oxygen atoms in total. The average Bonchev–Trinajstić information content (AvgIpc) is 2.46. The summed E-state index contributed by atoms with van der Waals surface area (Å²) in [7, 11) is -1.71. The van der Waals surface area contributed by atoms with Crippen LogP contribution >= 0.6 is 0 Å². The SMILES string of the molecule is COCCCS(=O)(=O)N1CCN(C(=O)[C@@H](N)C(C)C)CC1. The Kier molecular flexibility index (Phi) is 7.05. The molecule has 0 unspecified atom stereocenters. The number of piperazine rings is 1. The smallest absolute Gasteiger partial charge is 0.239 e. The van der Waals surface area contributed by atoms with Crippen molar-refractivity contribution in [2.45, 2.75) is 26.3 Å². The van der Waals surface area contributed by atoms with Gasteiger partial charge in [-0.05, 0) is 12.3 Å². The van der Waals surface area contributed by atoms with E-state index in [9.17, 15) is 13.2 Å². The number of amides is 1. The van der Waals surface area contributed by atoms with Crippen LogP contribution in [-0.2, 0) is 19.6 Å². The molecule has 1 atom stereocenters. The second-order valence-corrected chi connectivity index (χ2v) is 7.74. The van der Waals surface area contributed by atoms with Gasteiger partial charge in [0.15, 0.2) is 0 Å². The summed E-state index contributed by atoms with van der Waals surface area (Å²) in [6.07, 6.45) is 0.482. The molecule has 1 heterocycles. The first kappa shape index (κ1) is 18.3. The molecule has 0 bridgehead atoms. The van der Waals surface area contributed by atoms with Crippen molar-refractivity contribution in [2.24, 2.45) is 11.7 Å². The molecule has 0 aromatic heterocycles. The van der Waals surface area contributed by atoms with Gasteiger partial charge in [0.05, 0.1) is 11.8 Å². The van der Waals surface area contributed by atoms with Gasteiger partial charge in [0, 0.05) is 39.9 Å². The topological polar surface area (TPSA) is 92.9 Å². The second-order valence-electron chi connectivity index (χ2n) is 5.66. The zero-order chi connectivity index (χ0) is 16.0. The lowest BCUT2D eigenvalue weighted by molar-refractivity contribution is -0.134. The molecular weight excluding hydrogens is 294 g/mol. The van der Waals surface area contributed by atoms with Gasteiger partial charge in [0.25, 0.3) is 0 Å². The summed E-state index contributed by atoms with van der Waals surface area (Å²) in [5.41, 5.74) is 5.86. The van der Waals surface area contributed by atoms with Gasteiger partial charge in [-0.2, -0.15) is 4.31 Å². The summed E-state index contributed by atoms with van der Waals surface area (Å²) in [5, 5.41) is 0. The normalized spacial score (nSPS) is 19.0. The van der Waals surface area contributed by atoms with E-state index in [0.717, 1.165) is 0 Å². The molecule has 21 heavy (non-hydrogen) atoms. The van der Waals surface area contributed by atoms with Crippen LogP contribution in [0.1, 0.15) is 20.3 Å². The third-order valence-corrected chi connectivity index (χ3v) is 5.65. The van der Waals surface area contributed by atoms with Crippen molar-refractivity contribution in [1.82, 2.24) is 9.21 Å². The summed E-state index contributed by atoms with van der Waals surface area (Å²) in [6, 6.07) is -0.519. The van der Waals surface area contributed by atoms with E-state index in [1.165, 1.54) is 4.31 Å². The number of nitrogens with two attached hydrogens (primary N) is 1. The van der Waals surface area contributed by atoms with Crippen LogP contribution in [0.2, 0.25) is 0 Å². The Morgan fingerprint density at radius 2 is 1.81 bits per heavy atom. The number of ether oxygens (including phenoxy) is 1. The quantitative estimate of drug-likeness (QED) is 0.637. The van der Waals surface area contributed by atoms with Crippen molar-refractivity contribution in [2.75, 3.05) is 45.6 Å². The Balaban J connectivity index is 2.50. The van der Waals surface area contributed by atoms with E-state index in [1.807, 2.05) is 13.8 Å². The van der Waals surface area contributed by atoms with Crippen LogP contribution in [0.15, 0.2) is 0 Å². The molecule has 1 fully saturated rings. The molecule has 8 heteroatoms. The minimum absolute atomic E-state index is 0.0771. The van der Waals surface area contributed by atoms with Crippen molar-refractivity contribution in [3.63, 3.8) is 0 Å². The van der Waals surface area contributed by atoms with Crippen LogP contribution in [0.3, 0.4) is 0 Å². The molecule has 1 aliphatic heterocycles. The minimum atomic E-state index is -3.26. The van der Waals surface area contributed by atoms with Crippen LogP contribution in [0.25, 0.3) is 0 Å². The molecule has 0 saturated carbocycles. The van der Waals surface area contributed by atoms with Gasteiger partial charge < -0.3 is 15.4 Å². The van der Waals surface area contributed by atoms with Crippen LogP contribution in [0, 0.1) is 5.92 Å². The van der Waals surface area contributed by atoms with Gasteiger partial charge >= 0.3 is 0 Å². The van der Waals surface area contributed by atoms with Gasteiger partial charge in [0.2, 0.25) is 15.9 Å². The molecule has 0 aliphatic carbocycles. The average molecular weight is 321 g/mol. The Bertz CT molecular complexity index is 431. The molecule has 1 rings (SSSR count). The first-order valence-electron chi connectivity index (χ1n) is 7.30. The van der Waals surface area contributed by atoms with Gasteiger partial charge in [-0.15, -0.1) is 0 Å². The minimum Gasteiger partial charge on any atom is -0.385 e. The molecule has 1 saturated heterocycles. The van der Waals surface area contributed by atoms with Gasteiger partial charge in [-0.1, -0.05) is 13.8 Å². The molecule has 1 amide bonds. The monoisotopic (exact) mass is 321 g/mol. The summed E-state index contributed by atoms with van der Waals surface area (Å²) in [6.45, 7) is 5.72. The predicted molar refractivity (Wildman–Crippen MR) is 81.2 cm³/mol. The number of hydrogen-bond acceptors (Lipinski definition) is 5. The molecular formula is C13H27N3O4S. The van der Waals surface area contributed by atoms with E-state index in [2.05, 4.69) is 0 Å². The van der Waals surface area contributed by atoms with Gasteiger partial charge in [-0.3, -0.25) is 4.79 Å². The maximum atomic E-state index is 12.1. The number of carbonyl (C=O) groups is 1. The largest absolute Gasteiger partial charge is 0.385 e. The van der Waals surface area contributed by atoms with Crippen molar-refractivity contribution >= 4 is 15.9 Å². The second kappa shape index (κ2) is 8.07. The lowest BCUT2D eigenvalue weighted by Gasteiger charge is -2.35. The number of methoxy groups -OCH3 is 1. The fourth-order valence-corrected chi connectivity index (χ4v) is 3.66. The first-order chi connectivity index (χ1) is 9.79. The standard InChI is InChI=1S/C13H27N3O4S/c1-11(2)12(14)13(17)15-5-7-16(8-6-15)21(18,19)10-4-9-20-3/h11-12H,4-10,14H2,1-3H3/t12-/m0/s1. The Morgan fingerprint density at radius 3 is 2.29 bits per heavy atom. The Morgan fingerprint density at radius 1 is 1.24 bits per heavy atom. The maximum Gasteiger partial charge on any atom is 0.239 e. The van der Waals surface area contributed by atoms with Crippen molar-refractivity contribution in [3.8, 4) is 0 Å². The highest BCUT2D eigenvalue weighted by Crippen LogP contribution is 2.11. The summed E-state index contributed by atoms with van der Waals surface area (Å²) >= 11 is 0. The molecule has 0 aromatic carbocycles. The number of rotatable bonds is 7. The fraction of sp³-hybridized carbons (Fsp3) is 0.923. The van der Waals surface area contributed by atoms with E-state index in [-0.39, 0.29) is 17.6 Å². The third kappa shape index (κ3) is 5.21. The summed E-state index contributed by atoms with van der Waals surface area (Å²) < 4.78 is 30.6. The van der Waals surface area contributed by atoms with Crippen molar-refractivity contribution in [1.29, 1.82) is 0 Å². The molecule has 0 aromatic rings. The highest BCUT2D eigenvalue weighted by Gasteiger charge is 2.31. The molecule has 0 spiro atoms. The highest BCUT2D eigenvalue weighted by atomic mass is 32.2. The number of sulfonamides is 1. The molecule has 1 aliphatic rings. The van der Waals surface area contributed by atoms with E-state index >= 15 is 0 Å². The Hall–Kier alpha value is -0.700. The lowest BCUT2D eigenvalue weighted by Crippen LogP contribution is -2.55. The van der Waals surface area contributed by atoms with E-state index < -0.39 is 16.1 Å². The third-order valence-electron chi connectivity index (χ3n) is 3.70. The molecule has 0 radical (unpaired) electrons. The highest BCUT2D eigenvalue weighted by molar-refractivity contribution is 7.89. The van der Waals surface area contributed by atoms with E-state index in [1.54, 1.807) is 12.0 Å². The van der Waals surface area contributed by atoms with Gasteiger partial charge in [0.1, 0.15) is 0 Å². The van der Waals surface area contributed by atoms with Crippen molar-refractivity contribution < 1.29 is 17.9 Å². The van der Waals surface area contributed by atoms with Crippen LogP contribution in [-0.4, -0.2) is 75.2 Å². The molecule has 124 valence electrons. The summed E-state index contributed by atoms with van der Waals surface area (Å²) in [4.78, 5) is 13.8. The lowest BCUT2D eigenvalue weighted by atomic mass is 10.0. The zero-order valence-electron chi connectivity index (χ0n) is 13.1. The van der Waals surface area contributed by atoms with E-state index in [4.69, 9.17) is 10.5 Å². The van der Waals surface area contributed by atoms with E-state index in [0.29, 0.717) is 39.2 Å². The van der Waals surface area contributed by atoms with Crippen molar-refractivity contribution in [3.05, 3.63) is 0 Å². The van der Waals surface area contributed by atoms with Gasteiger partial charge in [-0.25, -0.2) is 8.42 Å². The summed E-state index contributed by atoms with van der Waals surface area (Å²) in [5.74, 6) is 0.0649. The van der Waals surface area contributed by atoms with Crippen LogP contribution in [0.5, 0.6) is 0 Å². The predicted octanol–water partition coefficient (Wildman–Crippen LogP) is -0.520. The number of nitrogens with zero attached hydrogens (tertiary/aromatic N) is 2. The fourth-order valence-electron chi connectivity index (χ4n) is 2.20. The number of carbonyl (C=O) groups excluding carboxylic acids is 1. The van der Waals surface area contributed by atoms with Crippen LogP contribution < -0.4 is 5.73 Å².